The van der Waals surface area contributed by atoms with Gasteiger partial charge in [0.05, 0.1) is 19.2 Å². The number of methoxy groups -OCH3 is 1. The van der Waals surface area contributed by atoms with E-state index in [0.717, 1.165) is 36.8 Å². The van der Waals surface area contributed by atoms with E-state index < -0.39 is 5.97 Å². The Morgan fingerprint density at radius 2 is 1.84 bits per heavy atom. The van der Waals surface area contributed by atoms with Crippen molar-refractivity contribution in [1.29, 1.82) is 0 Å². The molecule has 0 saturated carbocycles. The van der Waals surface area contributed by atoms with Crippen molar-refractivity contribution < 1.29 is 19.4 Å². The standard InChI is InChI=1S/C26H32N2O4/c1-5-7-20-16-28(17-21-12-11-19(26(30)31)15-24(21)32-4)23-14-18(10-13-22(20)23)8-6-9-25(29)27(2)3/h10-16H,5-9,17H2,1-4H3,(H,30,31). The Bertz CT molecular complexity index is 1110. The van der Waals surface area contributed by atoms with Crippen molar-refractivity contribution in [2.75, 3.05) is 21.2 Å². The van der Waals surface area contributed by atoms with Crippen LogP contribution in [-0.2, 0) is 24.2 Å². The molecule has 0 atom stereocenters. The van der Waals surface area contributed by atoms with Gasteiger partial charge in [0.15, 0.2) is 0 Å². The number of carbonyl (C=O) groups is 2. The first-order valence-electron chi connectivity index (χ1n) is 11.0. The molecule has 170 valence electrons. The van der Waals surface area contributed by atoms with Gasteiger partial charge in [0, 0.05) is 43.2 Å². The van der Waals surface area contributed by atoms with Gasteiger partial charge in [-0.05, 0) is 48.6 Å². The fraction of sp³-hybridized carbons (Fsp3) is 0.385. The number of hydrogen-bond acceptors (Lipinski definition) is 3. The molecular weight excluding hydrogens is 404 g/mol. The minimum Gasteiger partial charge on any atom is -0.496 e. The van der Waals surface area contributed by atoms with Gasteiger partial charge >= 0.3 is 5.97 Å². The first kappa shape index (κ1) is 23.4. The summed E-state index contributed by atoms with van der Waals surface area (Å²) in [5, 5.41) is 10.5. The molecule has 1 N–H and O–H groups in total. The molecule has 0 unspecified atom stereocenters. The highest BCUT2D eigenvalue weighted by Crippen LogP contribution is 2.28. The molecule has 1 heterocycles. The third-order valence-corrected chi connectivity index (χ3v) is 5.78. The van der Waals surface area contributed by atoms with Gasteiger partial charge < -0.3 is 19.3 Å². The summed E-state index contributed by atoms with van der Waals surface area (Å²) in [4.78, 5) is 24.8. The minimum absolute atomic E-state index is 0.150. The van der Waals surface area contributed by atoms with E-state index in [9.17, 15) is 14.7 Å². The van der Waals surface area contributed by atoms with E-state index in [2.05, 4.69) is 35.9 Å². The lowest BCUT2D eigenvalue weighted by atomic mass is 10.0. The summed E-state index contributed by atoms with van der Waals surface area (Å²) in [5.41, 5.74) is 4.80. The number of aromatic carboxylic acids is 1. The summed E-state index contributed by atoms with van der Waals surface area (Å²) in [6.07, 6.45) is 6.45. The Balaban J connectivity index is 1.91. The molecular formula is C26H32N2O4. The third kappa shape index (κ3) is 5.31. The van der Waals surface area contributed by atoms with E-state index in [1.807, 2.05) is 6.07 Å². The highest BCUT2D eigenvalue weighted by molar-refractivity contribution is 5.88. The fourth-order valence-corrected chi connectivity index (χ4v) is 4.03. The highest BCUT2D eigenvalue weighted by Gasteiger charge is 2.14. The predicted octanol–water partition coefficient (Wildman–Crippen LogP) is 4.76. The van der Waals surface area contributed by atoms with Gasteiger partial charge in [-0.15, -0.1) is 0 Å². The molecule has 3 rings (SSSR count). The lowest BCUT2D eigenvalue weighted by Gasteiger charge is -2.12. The smallest absolute Gasteiger partial charge is 0.335 e. The van der Waals surface area contributed by atoms with Gasteiger partial charge in [-0.1, -0.05) is 31.5 Å². The topological polar surface area (TPSA) is 71.8 Å². The molecule has 6 heteroatoms. The zero-order valence-corrected chi connectivity index (χ0v) is 19.4. The molecule has 0 aliphatic rings. The van der Waals surface area contributed by atoms with Gasteiger partial charge in [0.2, 0.25) is 5.91 Å². The summed E-state index contributed by atoms with van der Waals surface area (Å²) in [6, 6.07) is 11.6. The molecule has 0 saturated heterocycles. The van der Waals surface area contributed by atoms with Gasteiger partial charge in [-0.3, -0.25) is 4.79 Å². The Hall–Kier alpha value is -3.28. The maximum atomic E-state index is 11.9. The predicted molar refractivity (Wildman–Crippen MR) is 127 cm³/mol. The van der Waals surface area contributed by atoms with Crippen LogP contribution in [0.25, 0.3) is 10.9 Å². The number of rotatable bonds is 10. The molecule has 0 aliphatic heterocycles. The summed E-state index contributed by atoms with van der Waals surface area (Å²) < 4.78 is 7.70. The van der Waals surface area contributed by atoms with E-state index in [0.29, 0.717) is 18.7 Å². The SMILES string of the molecule is CCCc1cn(Cc2ccc(C(=O)O)cc2OC)c2cc(CCCC(=O)N(C)C)ccc12. The van der Waals surface area contributed by atoms with Crippen LogP contribution < -0.4 is 4.74 Å². The third-order valence-electron chi connectivity index (χ3n) is 5.78. The minimum atomic E-state index is -0.969. The molecule has 2 aromatic carbocycles. The number of carboxylic acid groups (broad SMARTS) is 1. The van der Waals surface area contributed by atoms with Crippen molar-refractivity contribution in [2.45, 2.75) is 45.6 Å². The van der Waals surface area contributed by atoms with Crippen molar-refractivity contribution in [1.82, 2.24) is 9.47 Å². The number of carbonyl (C=O) groups excluding carboxylic acids is 1. The van der Waals surface area contributed by atoms with E-state index >= 15 is 0 Å². The van der Waals surface area contributed by atoms with Crippen LogP contribution in [0.2, 0.25) is 0 Å². The summed E-state index contributed by atoms with van der Waals surface area (Å²) in [5.74, 6) is -0.248. The number of fused-ring (bicyclic) bond motifs is 1. The molecule has 32 heavy (non-hydrogen) atoms. The number of hydrogen-bond donors (Lipinski definition) is 1. The normalized spacial score (nSPS) is 11.0. The number of benzene rings is 2. The number of ether oxygens (including phenoxy) is 1. The Labute approximate surface area is 189 Å². The number of aryl methyl sites for hydroxylation is 2. The second-order valence-corrected chi connectivity index (χ2v) is 8.36. The van der Waals surface area contributed by atoms with E-state index in [-0.39, 0.29) is 11.5 Å². The van der Waals surface area contributed by atoms with Crippen molar-refractivity contribution >= 4 is 22.8 Å². The van der Waals surface area contributed by atoms with Crippen molar-refractivity contribution in [3.05, 3.63) is 64.8 Å². The Kier molecular flexibility index (Phi) is 7.57. The largest absolute Gasteiger partial charge is 0.496 e. The lowest BCUT2D eigenvalue weighted by molar-refractivity contribution is -0.128. The zero-order valence-electron chi connectivity index (χ0n) is 19.4. The van der Waals surface area contributed by atoms with Crippen LogP contribution in [0.4, 0.5) is 0 Å². The van der Waals surface area contributed by atoms with Gasteiger partial charge in [-0.25, -0.2) is 4.79 Å². The summed E-state index contributed by atoms with van der Waals surface area (Å²) in [6.45, 7) is 2.76. The van der Waals surface area contributed by atoms with Crippen LogP contribution >= 0.6 is 0 Å². The van der Waals surface area contributed by atoms with Crippen LogP contribution in [0.1, 0.15) is 53.2 Å². The molecule has 0 radical (unpaired) electrons. The quantitative estimate of drug-likeness (QED) is 0.497. The molecule has 0 fully saturated rings. The zero-order chi connectivity index (χ0) is 23.3. The molecule has 6 nitrogen and oxygen atoms in total. The molecule has 1 amide bonds. The number of carboxylic acids is 1. The first-order chi connectivity index (χ1) is 15.3. The maximum absolute atomic E-state index is 11.9. The highest BCUT2D eigenvalue weighted by atomic mass is 16.5. The number of nitrogens with zero attached hydrogens (tertiary/aromatic N) is 2. The monoisotopic (exact) mass is 436 g/mol. The van der Waals surface area contributed by atoms with Crippen LogP contribution in [0.3, 0.4) is 0 Å². The van der Waals surface area contributed by atoms with Gasteiger partial charge in [-0.2, -0.15) is 0 Å². The maximum Gasteiger partial charge on any atom is 0.335 e. The van der Waals surface area contributed by atoms with E-state index in [1.165, 1.54) is 16.5 Å². The molecule has 0 bridgehead atoms. The fourth-order valence-electron chi connectivity index (χ4n) is 4.03. The summed E-state index contributed by atoms with van der Waals surface area (Å²) >= 11 is 0. The molecule has 0 spiro atoms. The average Bonchev–Trinajstić information content (AvgIpc) is 3.10. The molecule has 3 aromatic rings. The van der Waals surface area contributed by atoms with Crippen LogP contribution in [0, 0.1) is 0 Å². The van der Waals surface area contributed by atoms with E-state index in [4.69, 9.17) is 4.74 Å². The van der Waals surface area contributed by atoms with E-state index in [1.54, 1.807) is 38.2 Å². The second-order valence-electron chi connectivity index (χ2n) is 8.36. The van der Waals surface area contributed by atoms with Crippen LogP contribution in [0.5, 0.6) is 5.75 Å². The van der Waals surface area contributed by atoms with Gasteiger partial charge in [0.25, 0.3) is 0 Å². The van der Waals surface area contributed by atoms with Crippen LogP contribution in [0.15, 0.2) is 42.6 Å². The second kappa shape index (κ2) is 10.4. The Morgan fingerprint density at radius 1 is 1.06 bits per heavy atom. The van der Waals surface area contributed by atoms with Crippen molar-refractivity contribution in [2.24, 2.45) is 0 Å². The van der Waals surface area contributed by atoms with Crippen molar-refractivity contribution in [3.8, 4) is 5.75 Å². The number of amides is 1. The lowest BCUT2D eigenvalue weighted by Crippen LogP contribution is -2.21. The van der Waals surface area contributed by atoms with Gasteiger partial charge in [0.1, 0.15) is 5.75 Å². The summed E-state index contributed by atoms with van der Waals surface area (Å²) in [7, 11) is 5.13. The number of aromatic nitrogens is 1. The molecule has 0 aliphatic carbocycles. The Morgan fingerprint density at radius 3 is 2.50 bits per heavy atom. The first-order valence-corrected chi connectivity index (χ1v) is 11.0. The molecule has 1 aromatic heterocycles. The van der Waals surface area contributed by atoms with Crippen LogP contribution in [-0.4, -0.2) is 47.7 Å². The average molecular weight is 437 g/mol. The van der Waals surface area contributed by atoms with Crippen molar-refractivity contribution in [3.63, 3.8) is 0 Å².